The third kappa shape index (κ3) is 6.62. The SMILES string of the molecule is c1ccc(-c2ccc3c(c2)c2cc(-c4ccccc4)ccc2n3-c2ccccc2N2c3ccccc3B3c4cc(N(c5ccccc5)c5ccccc5)ccc4N(c4ccccc4)c4cccc2c43)cc1. The third-order valence-corrected chi connectivity index (χ3v) is 14.5. The predicted molar refractivity (Wildman–Crippen MR) is 300 cm³/mol. The van der Waals surface area contributed by atoms with E-state index in [1.807, 2.05) is 0 Å². The van der Waals surface area contributed by atoms with Crippen LogP contribution >= 0.6 is 0 Å². The van der Waals surface area contributed by atoms with Crippen LogP contribution in [-0.2, 0) is 0 Å². The third-order valence-electron chi connectivity index (χ3n) is 14.5. The highest BCUT2D eigenvalue weighted by molar-refractivity contribution is 7.00. The first-order valence-electron chi connectivity index (χ1n) is 24.5. The van der Waals surface area contributed by atoms with Gasteiger partial charge in [0.05, 0.1) is 22.4 Å². The van der Waals surface area contributed by atoms with Crippen molar-refractivity contribution in [3.05, 3.63) is 273 Å². The van der Waals surface area contributed by atoms with Gasteiger partial charge in [-0.1, -0.05) is 164 Å². The molecule has 0 aliphatic carbocycles. The lowest BCUT2D eigenvalue weighted by atomic mass is 9.33. The molecule has 14 rings (SSSR count). The van der Waals surface area contributed by atoms with E-state index in [4.69, 9.17) is 0 Å². The molecule has 0 radical (unpaired) electrons. The summed E-state index contributed by atoms with van der Waals surface area (Å²) in [5, 5.41) is 2.44. The lowest BCUT2D eigenvalue weighted by Gasteiger charge is -2.44. The van der Waals surface area contributed by atoms with Gasteiger partial charge in [-0.15, -0.1) is 0 Å². The van der Waals surface area contributed by atoms with E-state index in [1.54, 1.807) is 0 Å². The first kappa shape index (κ1) is 40.7. The lowest BCUT2D eigenvalue weighted by molar-refractivity contribution is 1.15. The van der Waals surface area contributed by atoms with Crippen LogP contribution in [0.2, 0.25) is 0 Å². The summed E-state index contributed by atoms with van der Waals surface area (Å²) in [6.07, 6.45) is 0. The molecule has 0 bridgehead atoms. The minimum Gasteiger partial charge on any atom is -0.311 e. The lowest BCUT2D eigenvalue weighted by Crippen LogP contribution is -2.61. The molecule has 332 valence electrons. The summed E-state index contributed by atoms with van der Waals surface area (Å²) < 4.78 is 2.49. The molecule has 0 saturated heterocycles. The van der Waals surface area contributed by atoms with Gasteiger partial charge in [-0.2, -0.15) is 0 Å². The molecular weight excluding hydrogens is 860 g/mol. The highest BCUT2D eigenvalue weighted by Gasteiger charge is 2.43. The van der Waals surface area contributed by atoms with Crippen LogP contribution in [0.15, 0.2) is 273 Å². The Kier molecular flexibility index (Phi) is 9.59. The molecule has 3 heterocycles. The average molecular weight is 905 g/mol. The van der Waals surface area contributed by atoms with Crippen LogP contribution in [0.5, 0.6) is 0 Å². The van der Waals surface area contributed by atoms with Gasteiger partial charge < -0.3 is 19.3 Å². The summed E-state index contributed by atoms with van der Waals surface area (Å²) in [7, 11) is 0. The van der Waals surface area contributed by atoms with Crippen LogP contribution in [0.1, 0.15) is 0 Å². The molecule has 2 aliphatic rings. The Balaban J connectivity index is 1.00. The van der Waals surface area contributed by atoms with Crippen LogP contribution in [0.3, 0.4) is 0 Å². The molecule has 0 atom stereocenters. The zero-order valence-corrected chi connectivity index (χ0v) is 38.8. The zero-order valence-electron chi connectivity index (χ0n) is 38.8. The number of hydrogen-bond acceptors (Lipinski definition) is 3. The Labute approximate surface area is 414 Å². The Bertz CT molecular complexity index is 3810. The number of hydrogen-bond donors (Lipinski definition) is 0. The number of aromatic nitrogens is 1. The van der Waals surface area contributed by atoms with E-state index in [9.17, 15) is 0 Å². The van der Waals surface area contributed by atoms with Crippen molar-refractivity contribution >= 4 is 96.1 Å². The summed E-state index contributed by atoms with van der Waals surface area (Å²) in [6, 6.07) is 99.8. The maximum Gasteiger partial charge on any atom is 0.252 e. The normalized spacial score (nSPS) is 12.4. The number of para-hydroxylation sites is 6. The van der Waals surface area contributed by atoms with E-state index in [1.165, 1.54) is 66.5 Å². The average Bonchev–Trinajstić information content (AvgIpc) is 3.77. The molecule has 0 amide bonds. The first-order valence-corrected chi connectivity index (χ1v) is 24.5. The molecule has 0 saturated carbocycles. The van der Waals surface area contributed by atoms with Crippen LogP contribution in [0, 0.1) is 0 Å². The van der Waals surface area contributed by atoms with E-state index < -0.39 is 0 Å². The van der Waals surface area contributed by atoms with Crippen LogP contribution < -0.4 is 31.1 Å². The molecule has 4 nitrogen and oxygen atoms in total. The predicted octanol–water partition coefficient (Wildman–Crippen LogP) is 15.7. The van der Waals surface area contributed by atoms with Gasteiger partial charge in [0.2, 0.25) is 0 Å². The minimum absolute atomic E-state index is 0.0508. The standard InChI is InChI=1S/C66H45BN4/c1-6-21-46(22-7-1)48-37-40-58-54(43-48)55-44-49(47-23-8-2-9-24-47)38-41-59(55)70(58)62-33-18-19-34-63(62)71-60-32-17-16-31-56(60)67-57-45-53(68(50-25-10-3-11-26-50)51-27-12-4-13-28-51)39-42-61(57)69(52-29-14-5-15-30-52)64-35-20-36-65(71)66(64)67/h1-45H. The van der Waals surface area contributed by atoms with Gasteiger partial charge in [0.1, 0.15) is 0 Å². The molecule has 2 aliphatic heterocycles. The van der Waals surface area contributed by atoms with Crippen molar-refractivity contribution in [3.63, 3.8) is 0 Å². The van der Waals surface area contributed by atoms with Gasteiger partial charge in [-0.05, 0) is 148 Å². The van der Waals surface area contributed by atoms with Crippen molar-refractivity contribution in [1.29, 1.82) is 0 Å². The number of anilines is 9. The number of benzene rings is 11. The Morgan fingerprint density at radius 1 is 0.282 bits per heavy atom. The molecule has 12 aromatic rings. The molecular formula is C66H45BN4. The number of nitrogens with zero attached hydrogens (tertiary/aromatic N) is 4. The second-order valence-electron chi connectivity index (χ2n) is 18.5. The van der Waals surface area contributed by atoms with Gasteiger partial charge in [-0.3, -0.25) is 0 Å². The van der Waals surface area contributed by atoms with Gasteiger partial charge in [0.25, 0.3) is 6.71 Å². The molecule has 11 aromatic carbocycles. The minimum atomic E-state index is -0.0508. The maximum absolute atomic E-state index is 2.53. The van der Waals surface area contributed by atoms with Gasteiger partial charge in [0.15, 0.2) is 0 Å². The second kappa shape index (κ2) is 16.7. The fourth-order valence-electron chi connectivity index (χ4n) is 11.5. The number of fused-ring (bicyclic) bond motifs is 7. The summed E-state index contributed by atoms with van der Waals surface area (Å²) in [5.41, 5.74) is 22.3. The fourth-order valence-corrected chi connectivity index (χ4v) is 11.5. The first-order chi connectivity index (χ1) is 35.3. The highest BCUT2D eigenvalue weighted by Crippen LogP contribution is 2.48. The van der Waals surface area contributed by atoms with Crippen molar-refractivity contribution in [2.75, 3.05) is 14.7 Å². The smallest absolute Gasteiger partial charge is 0.252 e. The molecule has 1 aromatic heterocycles. The molecule has 5 heteroatoms. The fraction of sp³-hybridized carbons (Fsp3) is 0. The van der Waals surface area contributed by atoms with E-state index >= 15 is 0 Å². The highest BCUT2D eigenvalue weighted by atomic mass is 15.2. The summed E-state index contributed by atoms with van der Waals surface area (Å²) >= 11 is 0. The van der Waals surface area contributed by atoms with Gasteiger partial charge >= 0.3 is 0 Å². The zero-order chi connectivity index (χ0) is 46.8. The maximum atomic E-state index is 2.53. The Morgan fingerprint density at radius 2 is 0.746 bits per heavy atom. The number of rotatable bonds is 8. The second-order valence-corrected chi connectivity index (χ2v) is 18.5. The van der Waals surface area contributed by atoms with Crippen LogP contribution in [0.4, 0.5) is 51.2 Å². The Morgan fingerprint density at radius 3 is 1.34 bits per heavy atom. The van der Waals surface area contributed by atoms with E-state index in [0.29, 0.717) is 0 Å². The van der Waals surface area contributed by atoms with Gasteiger partial charge in [0, 0.05) is 56.3 Å². The molecule has 0 N–H and O–H groups in total. The van der Waals surface area contributed by atoms with E-state index in [0.717, 1.165) is 50.8 Å². The van der Waals surface area contributed by atoms with Crippen LogP contribution in [-0.4, -0.2) is 11.3 Å². The summed E-state index contributed by atoms with van der Waals surface area (Å²) in [5.74, 6) is 0. The largest absolute Gasteiger partial charge is 0.311 e. The molecule has 71 heavy (non-hydrogen) atoms. The van der Waals surface area contributed by atoms with Crippen LogP contribution in [0.25, 0.3) is 49.7 Å². The summed E-state index contributed by atoms with van der Waals surface area (Å²) in [6.45, 7) is -0.0508. The Hall–Kier alpha value is -9.32. The van der Waals surface area contributed by atoms with Crippen molar-refractivity contribution in [2.45, 2.75) is 0 Å². The van der Waals surface area contributed by atoms with Gasteiger partial charge in [-0.25, -0.2) is 0 Å². The quantitative estimate of drug-likeness (QED) is 0.141. The van der Waals surface area contributed by atoms with Crippen molar-refractivity contribution in [1.82, 2.24) is 4.57 Å². The summed E-state index contributed by atoms with van der Waals surface area (Å²) in [4.78, 5) is 7.39. The van der Waals surface area contributed by atoms with Crippen molar-refractivity contribution in [2.24, 2.45) is 0 Å². The molecule has 0 unspecified atom stereocenters. The van der Waals surface area contributed by atoms with Crippen molar-refractivity contribution in [3.8, 4) is 27.9 Å². The molecule has 0 fully saturated rings. The van der Waals surface area contributed by atoms with Crippen molar-refractivity contribution < 1.29 is 0 Å². The molecule has 0 spiro atoms. The van der Waals surface area contributed by atoms with E-state index in [2.05, 4.69) is 292 Å². The monoisotopic (exact) mass is 904 g/mol. The topological polar surface area (TPSA) is 14.7 Å². The van der Waals surface area contributed by atoms with E-state index in [-0.39, 0.29) is 6.71 Å².